The third-order valence-electron chi connectivity index (χ3n) is 3.34. The van der Waals surface area contributed by atoms with E-state index in [9.17, 15) is 14.4 Å². The number of aromatic amines is 2. The summed E-state index contributed by atoms with van der Waals surface area (Å²) in [5, 5.41) is 9.60. The summed E-state index contributed by atoms with van der Waals surface area (Å²) in [7, 11) is 0. The maximum atomic E-state index is 11.8. The molecule has 0 aliphatic carbocycles. The number of hydrazone groups is 1. The van der Waals surface area contributed by atoms with Crippen molar-refractivity contribution in [1.29, 1.82) is 0 Å². The van der Waals surface area contributed by atoms with Gasteiger partial charge in [0.1, 0.15) is 5.69 Å². The van der Waals surface area contributed by atoms with Crippen LogP contribution in [0.1, 0.15) is 31.5 Å². The van der Waals surface area contributed by atoms with Gasteiger partial charge in [-0.1, -0.05) is 0 Å². The molecule has 144 valence electrons. The van der Waals surface area contributed by atoms with E-state index in [1.54, 1.807) is 18.2 Å². The predicted molar refractivity (Wildman–Crippen MR) is 98.3 cm³/mol. The van der Waals surface area contributed by atoms with Crippen molar-refractivity contribution in [3.63, 3.8) is 0 Å². The van der Waals surface area contributed by atoms with Gasteiger partial charge in [0.05, 0.1) is 19.4 Å². The lowest BCUT2D eigenvalue weighted by molar-refractivity contribution is -0.121. The fraction of sp³-hybridized carbons (Fsp3) is 0.353. The Bertz CT molecular complexity index is 918. The average molecular weight is 375 g/mol. The molecule has 0 aliphatic rings. The lowest BCUT2D eigenvalue weighted by Crippen LogP contribution is -2.28. The molecule has 27 heavy (non-hydrogen) atoms. The molecule has 1 aromatic carbocycles. The highest BCUT2D eigenvalue weighted by molar-refractivity contribution is 5.83. The van der Waals surface area contributed by atoms with Crippen LogP contribution in [0.5, 0.6) is 11.5 Å². The number of nitrogens with zero attached hydrogens (tertiary/aromatic N) is 2. The number of amides is 1. The van der Waals surface area contributed by atoms with Gasteiger partial charge in [-0.2, -0.15) is 10.2 Å². The molecule has 0 unspecified atom stereocenters. The van der Waals surface area contributed by atoms with Gasteiger partial charge < -0.3 is 9.47 Å². The third-order valence-corrected chi connectivity index (χ3v) is 3.34. The minimum Gasteiger partial charge on any atom is -0.490 e. The molecule has 1 aromatic heterocycles. The molecule has 2 rings (SSSR count). The molecular formula is C17H21N5O5. The van der Waals surface area contributed by atoms with Crippen molar-refractivity contribution >= 4 is 12.1 Å². The molecular weight excluding hydrogens is 354 g/mol. The highest BCUT2D eigenvalue weighted by Crippen LogP contribution is 2.27. The SMILES string of the molecule is CCOc1ccc(/C=N/NC(=O)CCc2n[nH]c(=O)[nH]c2=O)cc1OCC. The topological polar surface area (TPSA) is 139 Å². The van der Waals surface area contributed by atoms with E-state index in [1.807, 2.05) is 18.8 Å². The fourth-order valence-corrected chi connectivity index (χ4v) is 2.16. The Hall–Kier alpha value is -3.43. The first-order valence-corrected chi connectivity index (χ1v) is 8.43. The van der Waals surface area contributed by atoms with Gasteiger partial charge in [0.2, 0.25) is 5.91 Å². The zero-order chi connectivity index (χ0) is 19.6. The largest absolute Gasteiger partial charge is 0.490 e. The molecule has 0 atom stereocenters. The number of aryl methyl sites for hydroxylation is 1. The molecule has 1 heterocycles. The van der Waals surface area contributed by atoms with Crippen LogP contribution in [-0.4, -0.2) is 40.5 Å². The number of ether oxygens (including phenoxy) is 2. The van der Waals surface area contributed by atoms with E-state index in [0.29, 0.717) is 24.7 Å². The van der Waals surface area contributed by atoms with Crippen LogP contribution in [0, 0.1) is 0 Å². The number of rotatable bonds is 9. The van der Waals surface area contributed by atoms with Crippen LogP contribution in [-0.2, 0) is 11.2 Å². The number of aromatic nitrogens is 3. The molecule has 0 spiro atoms. The van der Waals surface area contributed by atoms with Gasteiger partial charge >= 0.3 is 5.69 Å². The van der Waals surface area contributed by atoms with E-state index in [1.165, 1.54) is 6.21 Å². The second-order valence-electron chi connectivity index (χ2n) is 5.32. The van der Waals surface area contributed by atoms with E-state index in [4.69, 9.17) is 9.47 Å². The number of nitrogens with one attached hydrogen (secondary N) is 3. The lowest BCUT2D eigenvalue weighted by Gasteiger charge is -2.11. The first-order chi connectivity index (χ1) is 13.0. The monoisotopic (exact) mass is 375 g/mol. The summed E-state index contributed by atoms with van der Waals surface area (Å²) in [6.07, 6.45) is 1.54. The van der Waals surface area contributed by atoms with Gasteiger partial charge in [0.15, 0.2) is 11.5 Å². The van der Waals surface area contributed by atoms with Crippen LogP contribution in [0.3, 0.4) is 0 Å². The van der Waals surface area contributed by atoms with Gasteiger partial charge in [0, 0.05) is 12.8 Å². The second kappa shape index (κ2) is 9.90. The highest BCUT2D eigenvalue weighted by atomic mass is 16.5. The molecule has 10 nitrogen and oxygen atoms in total. The Morgan fingerprint density at radius 2 is 1.96 bits per heavy atom. The quantitative estimate of drug-likeness (QED) is 0.427. The van der Waals surface area contributed by atoms with Crippen molar-refractivity contribution in [2.24, 2.45) is 5.10 Å². The van der Waals surface area contributed by atoms with E-state index in [-0.39, 0.29) is 18.5 Å². The van der Waals surface area contributed by atoms with Crippen molar-refractivity contribution in [3.8, 4) is 11.5 Å². The molecule has 10 heteroatoms. The summed E-state index contributed by atoms with van der Waals surface area (Å²) in [6.45, 7) is 4.78. The highest BCUT2D eigenvalue weighted by Gasteiger charge is 2.07. The number of hydrogen-bond donors (Lipinski definition) is 3. The molecule has 0 saturated heterocycles. The number of carbonyl (C=O) groups is 1. The predicted octanol–water partition coefficient (Wildman–Crippen LogP) is 0.339. The molecule has 0 saturated carbocycles. The van der Waals surface area contributed by atoms with Crippen LogP contribution >= 0.6 is 0 Å². The van der Waals surface area contributed by atoms with Crippen LogP contribution < -0.4 is 26.1 Å². The first kappa shape index (κ1) is 19.9. The normalized spacial score (nSPS) is 10.7. The van der Waals surface area contributed by atoms with E-state index in [2.05, 4.69) is 20.7 Å². The maximum Gasteiger partial charge on any atom is 0.342 e. The Morgan fingerprint density at radius 3 is 2.67 bits per heavy atom. The van der Waals surface area contributed by atoms with Crippen molar-refractivity contribution < 1.29 is 14.3 Å². The van der Waals surface area contributed by atoms with E-state index in [0.717, 1.165) is 5.56 Å². The Kier molecular flexibility index (Phi) is 7.29. The van der Waals surface area contributed by atoms with Crippen LogP contribution in [0.2, 0.25) is 0 Å². The standard InChI is InChI=1S/C17H21N5O5/c1-3-26-13-7-5-11(9-14(13)27-4-2)10-18-21-15(23)8-6-12-16(24)19-17(25)22-20-12/h5,7,9-10H,3-4,6,8H2,1-2H3,(H,21,23)(H2,19,22,24,25)/b18-10+. The van der Waals surface area contributed by atoms with Crippen molar-refractivity contribution in [2.75, 3.05) is 13.2 Å². The second-order valence-corrected chi connectivity index (χ2v) is 5.32. The number of carbonyl (C=O) groups excluding carboxylic acids is 1. The maximum absolute atomic E-state index is 11.8. The zero-order valence-corrected chi connectivity index (χ0v) is 15.1. The third kappa shape index (κ3) is 6.10. The minimum absolute atomic E-state index is 0.00701. The molecule has 0 aliphatic heterocycles. The summed E-state index contributed by atoms with van der Waals surface area (Å²) in [5.41, 5.74) is 1.85. The summed E-state index contributed by atoms with van der Waals surface area (Å²) in [4.78, 5) is 36.2. The van der Waals surface area contributed by atoms with Gasteiger partial charge in [-0.15, -0.1) is 0 Å². The van der Waals surface area contributed by atoms with Gasteiger partial charge in [-0.25, -0.2) is 15.3 Å². The molecule has 0 bridgehead atoms. The minimum atomic E-state index is -0.695. The van der Waals surface area contributed by atoms with Crippen LogP contribution in [0.25, 0.3) is 0 Å². The Balaban J connectivity index is 1.92. The summed E-state index contributed by atoms with van der Waals surface area (Å²) in [5.74, 6) is 0.840. The smallest absolute Gasteiger partial charge is 0.342 e. The van der Waals surface area contributed by atoms with Gasteiger partial charge in [0.25, 0.3) is 5.56 Å². The molecule has 1 amide bonds. The molecule has 0 fully saturated rings. The Labute approximate surface area is 154 Å². The first-order valence-electron chi connectivity index (χ1n) is 8.43. The fourth-order valence-electron chi connectivity index (χ4n) is 2.16. The van der Waals surface area contributed by atoms with E-state index >= 15 is 0 Å². The van der Waals surface area contributed by atoms with Crippen molar-refractivity contribution in [2.45, 2.75) is 26.7 Å². The number of hydrogen-bond acceptors (Lipinski definition) is 7. The Morgan fingerprint density at radius 1 is 1.22 bits per heavy atom. The average Bonchev–Trinajstić information content (AvgIpc) is 2.63. The molecule has 2 aromatic rings. The summed E-state index contributed by atoms with van der Waals surface area (Å²) >= 11 is 0. The summed E-state index contributed by atoms with van der Waals surface area (Å²) < 4.78 is 11.0. The lowest BCUT2D eigenvalue weighted by atomic mass is 10.2. The van der Waals surface area contributed by atoms with Crippen molar-refractivity contribution in [3.05, 3.63) is 50.3 Å². The van der Waals surface area contributed by atoms with Crippen molar-refractivity contribution in [1.82, 2.24) is 20.6 Å². The van der Waals surface area contributed by atoms with Gasteiger partial charge in [-0.3, -0.25) is 14.6 Å². The number of benzene rings is 1. The van der Waals surface area contributed by atoms with Gasteiger partial charge in [-0.05, 0) is 37.6 Å². The van der Waals surface area contributed by atoms with E-state index < -0.39 is 17.2 Å². The number of H-pyrrole nitrogens is 2. The summed E-state index contributed by atoms with van der Waals surface area (Å²) in [6, 6.07) is 5.31. The molecule has 3 N–H and O–H groups in total. The zero-order valence-electron chi connectivity index (χ0n) is 15.1. The van der Waals surface area contributed by atoms with Crippen LogP contribution in [0.15, 0.2) is 32.9 Å². The molecule has 0 radical (unpaired) electrons. The van der Waals surface area contributed by atoms with Crippen LogP contribution in [0.4, 0.5) is 0 Å².